The number of rotatable bonds is 7. The van der Waals surface area contributed by atoms with Crippen LogP contribution < -0.4 is 0 Å². The van der Waals surface area contributed by atoms with Crippen molar-refractivity contribution in [3.05, 3.63) is 42.0 Å². The van der Waals surface area contributed by atoms with Crippen molar-refractivity contribution >= 4 is 6.29 Å². The quantitative estimate of drug-likeness (QED) is 0.563. The Kier molecular flexibility index (Phi) is 5.04. The van der Waals surface area contributed by atoms with Gasteiger partial charge in [-0.05, 0) is 24.6 Å². The lowest BCUT2D eigenvalue weighted by molar-refractivity contribution is 0.112. The number of benzene rings is 1. The molecule has 0 aliphatic heterocycles. The van der Waals surface area contributed by atoms with Gasteiger partial charge in [0, 0.05) is 29.4 Å². The lowest BCUT2D eigenvalue weighted by Crippen LogP contribution is -1.97. The Balaban J connectivity index is 2.10. The molecule has 0 spiro atoms. The van der Waals surface area contributed by atoms with Crippen LogP contribution in [0.3, 0.4) is 0 Å². The van der Waals surface area contributed by atoms with Crippen molar-refractivity contribution in [1.29, 1.82) is 0 Å². The molecule has 0 saturated carbocycles. The number of aldehydes is 1. The Bertz CT molecular complexity index is 578. The minimum Gasteiger partial charge on any atom is -0.298 e. The second-order valence-corrected chi connectivity index (χ2v) is 4.91. The molecule has 4 heteroatoms. The first-order valence-corrected chi connectivity index (χ1v) is 7.02. The van der Waals surface area contributed by atoms with Gasteiger partial charge in [-0.1, -0.05) is 26.2 Å². The molecule has 0 atom stereocenters. The molecule has 1 aromatic carbocycles. The zero-order valence-electron chi connectivity index (χ0n) is 11.7. The van der Waals surface area contributed by atoms with Gasteiger partial charge in [-0.2, -0.15) is 5.10 Å². The predicted octanol–water partition coefficient (Wildman–Crippen LogP) is 4.08. The Morgan fingerprint density at radius 3 is 2.90 bits per heavy atom. The van der Waals surface area contributed by atoms with E-state index in [1.807, 2.05) is 10.9 Å². The molecule has 0 N–H and O–H groups in total. The van der Waals surface area contributed by atoms with E-state index in [1.54, 1.807) is 12.3 Å². The molecule has 0 aliphatic carbocycles. The summed E-state index contributed by atoms with van der Waals surface area (Å²) in [5.41, 5.74) is 1.60. The smallest absolute Gasteiger partial charge is 0.150 e. The number of halogens is 1. The molecule has 1 aromatic heterocycles. The standard InChI is InChI=1S/C16H19FN2O/c1-2-3-4-5-8-19-11-14(10-18-19)15-9-13(12-20)6-7-16(15)17/h6-7,9-12H,2-5,8H2,1H3. The Hall–Kier alpha value is -1.97. The van der Waals surface area contributed by atoms with Gasteiger partial charge >= 0.3 is 0 Å². The van der Waals surface area contributed by atoms with Crippen LogP contribution in [-0.2, 0) is 6.54 Å². The highest BCUT2D eigenvalue weighted by molar-refractivity contribution is 5.78. The highest BCUT2D eigenvalue weighted by atomic mass is 19.1. The summed E-state index contributed by atoms with van der Waals surface area (Å²) >= 11 is 0. The maximum Gasteiger partial charge on any atom is 0.150 e. The van der Waals surface area contributed by atoms with Gasteiger partial charge in [-0.3, -0.25) is 9.48 Å². The van der Waals surface area contributed by atoms with Crippen LogP contribution in [-0.4, -0.2) is 16.1 Å². The molecule has 0 radical (unpaired) electrons. The van der Waals surface area contributed by atoms with Crippen LogP contribution in [0.25, 0.3) is 11.1 Å². The van der Waals surface area contributed by atoms with Crippen LogP contribution >= 0.6 is 0 Å². The molecular weight excluding hydrogens is 255 g/mol. The summed E-state index contributed by atoms with van der Waals surface area (Å²) in [6, 6.07) is 4.35. The third-order valence-corrected chi connectivity index (χ3v) is 3.31. The molecule has 0 aliphatic rings. The molecule has 20 heavy (non-hydrogen) atoms. The first-order chi connectivity index (χ1) is 9.74. The van der Waals surface area contributed by atoms with Gasteiger partial charge in [0.2, 0.25) is 0 Å². The maximum absolute atomic E-state index is 13.8. The molecule has 0 bridgehead atoms. The zero-order valence-corrected chi connectivity index (χ0v) is 11.7. The number of aryl methyl sites for hydroxylation is 1. The third-order valence-electron chi connectivity index (χ3n) is 3.31. The van der Waals surface area contributed by atoms with E-state index >= 15 is 0 Å². The number of carbonyl (C=O) groups excluding carboxylic acids is 1. The SMILES string of the molecule is CCCCCCn1cc(-c2cc(C=O)ccc2F)cn1. The molecule has 0 saturated heterocycles. The Morgan fingerprint density at radius 2 is 2.15 bits per heavy atom. The fraction of sp³-hybridized carbons (Fsp3) is 0.375. The van der Waals surface area contributed by atoms with Crippen LogP contribution in [0.2, 0.25) is 0 Å². The van der Waals surface area contributed by atoms with Crippen LogP contribution in [0, 0.1) is 5.82 Å². The summed E-state index contributed by atoms with van der Waals surface area (Å²) in [5.74, 6) is -0.332. The molecule has 3 nitrogen and oxygen atoms in total. The summed E-state index contributed by atoms with van der Waals surface area (Å²) in [6.07, 6.45) is 8.88. The van der Waals surface area contributed by atoms with Crippen LogP contribution in [0.4, 0.5) is 4.39 Å². The predicted molar refractivity (Wildman–Crippen MR) is 77.2 cm³/mol. The molecule has 0 amide bonds. The minimum atomic E-state index is -0.332. The first kappa shape index (κ1) is 14.4. The molecule has 1 heterocycles. The lowest BCUT2D eigenvalue weighted by Gasteiger charge is -2.02. The molecule has 0 unspecified atom stereocenters. The largest absolute Gasteiger partial charge is 0.298 e. The van der Waals surface area contributed by atoms with Gasteiger partial charge in [-0.25, -0.2) is 4.39 Å². The Morgan fingerprint density at radius 1 is 1.30 bits per heavy atom. The summed E-state index contributed by atoms with van der Waals surface area (Å²) in [7, 11) is 0. The number of hydrogen-bond acceptors (Lipinski definition) is 2. The summed E-state index contributed by atoms with van der Waals surface area (Å²) < 4.78 is 15.6. The van der Waals surface area contributed by atoms with E-state index in [0.717, 1.165) is 19.3 Å². The van der Waals surface area contributed by atoms with Gasteiger partial charge in [0.1, 0.15) is 12.1 Å². The van der Waals surface area contributed by atoms with Gasteiger partial charge < -0.3 is 0 Å². The van der Waals surface area contributed by atoms with Crippen molar-refractivity contribution < 1.29 is 9.18 Å². The fourth-order valence-electron chi connectivity index (χ4n) is 2.16. The zero-order chi connectivity index (χ0) is 14.4. The van der Waals surface area contributed by atoms with Gasteiger partial charge in [-0.15, -0.1) is 0 Å². The van der Waals surface area contributed by atoms with Crippen molar-refractivity contribution in [2.24, 2.45) is 0 Å². The molecule has 106 valence electrons. The number of aromatic nitrogens is 2. The number of unbranched alkanes of at least 4 members (excludes halogenated alkanes) is 3. The average molecular weight is 274 g/mol. The van der Waals surface area contributed by atoms with E-state index in [-0.39, 0.29) is 5.82 Å². The van der Waals surface area contributed by atoms with Crippen molar-refractivity contribution in [2.75, 3.05) is 0 Å². The van der Waals surface area contributed by atoms with Gasteiger partial charge in [0.25, 0.3) is 0 Å². The van der Waals surface area contributed by atoms with Crippen molar-refractivity contribution in [1.82, 2.24) is 9.78 Å². The van der Waals surface area contributed by atoms with E-state index in [9.17, 15) is 9.18 Å². The topological polar surface area (TPSA) is 34.9 Å². The van der Waals surface area contributed by atoms with E-state index in [2.05, 4.69) is 12.0 Å². The summed E-state index contributed by atoms with van der Waals surface area (Å²) in [4.78, 5) is 10.8. The number of carbonyl (C=O) groups is 1. The molecular formula is C16H19FN2O. The minimum absolute atomic E-state index is 0.332. The van der Waals surface area contributed by atoms with Crippen molar-refractivity contribution in [3.63, 3.8) is 0 Å². The molecule has 2 rings (SSSR count). The molecule has 2 aromatic rings. The van der Waals surface area contributed by atoms with E-state index < -0.39 is 0 Å². The maximum atomic E-state index is 13.8. The van der Waals surface area contributed by atoms with Gasteiger partial charge in [0.15, 0.2) is 0 Å². The summed E-state index contributed by atoms with van der Waals surface area (Å²) in [5, 5.41) is 4.25. The van der Waals surface area contributed by atoms with Gasteiger partial charge in [0.05, 0.1) is 6.20 Å². The third kappa shape index (κ3) is 3.53. The highest BCUT2D eigenvalue weighted by Crippen LogP contribution is 2.23. The lowest BCUT2D eigenvalue weighted by atomic mass is 10.1. The normalized spacial score (nSPS) is 10.7. The second kappa shape index (κ2) is 6.98. The van der Waals surface area contributed by atoms with Crippen LogP contribution in [0.1, 0.15) is 43.0 Å². The van der Waals surface area contributed by atoms with E-state index in [1.165, 1.54) is 31.4 Å². The van der Waals surface area contributed by atoms with Crippen LogP contribution in [0.15, 0.2) is 30.6 Å². The number of hydrogen-bond donors (Lipinski definition) is 0. The first-order valence-electron chi connectivity index (χ1n) is 7.02. The van der Waals surface area contributed by atoms with Crippen LogP contribution in [0.5, 0.6) is 0 Å². The highest BCUT2D eigenvalue weighted by Gasteiger charge is 2.08. The van der Waals surface area contributed by atoms with Crippen molar-refractivity contribution in [2.45, 2.75) is 39.2 Å². The van der Waals surface area contributed by atoms with Crippen molar-refractivity contribution in [3.8, 4) is 11.1 Å². The summed E-state index contributed by atoms with van der Waals surface area (Å²) in [6.45, 7) is 3.02. The number of nitrogens with zero attached hydrogens (tertiary/aromatic N) is 2. The van der Waals surface area contributed by atoms with E-state index in [0.29, 0.717) is 16.7 Å². The average Bonchev–Trinajstić information content (AvgIpc) is 2.93. The Labute approximate surface area is 118 Å². The second-order valence-electron chi connectivity index (χ2n) is 4.91. The fourth-order valence-corrected chi connectivity index (χ4v) is 2.16. The molecule has 0 fully saturated rings. The van der Waals surface area contributed by atoms with E-state index in [4.69, 9.17) is 0 Å². The monoisotopic (exact) mass is 274 g/mol.